The Morgan fingerprint density at radius 3 is 3.00 bits per heavy atom. The zero-order chi connectivity index (χ0) is 19.2. The fraction of sp³-hybridized carbons (Fsp3) is 0.500. The fourth-order valence-corrected chi connectivity index (χ4v) is 3.34. The van der Waals surface area contributed by atoms with Crippen LogP contribution in [0.3, 0.4) is 0 Å². The van der Waals surface area contributed by atoms with E-state index >= 15 is 0 Å². The molecule has 1 atom stereocenters. The van der Waals surface area contributed by atoms with Crippen LogP contribution in [0.4, 0.5) is 10.1 Å². The number of hydrogen-bond acceptors (Lipinski definition) is 4. The van der Waals surface area contributed by atoms with E-state index in [4.69, 9.17) is 4.52 Å². The maximum absolute atomic E-state index is 14.2. The second-order valence-corrected chi connectivity index (χ2v) is 6.95. The van der Waals surface area contributed by atoms with Crippen molar-refractivity contribution >= 4 is 11.6 Å². The number of nitrogens with one attached hydrogen (secondary N) is 2. The zero-order valence-electron chi connectivity index (χ0n) is 16.3. The number of rotatable bonds is 5. The third-order valence-corrected chi connectivity index (χ3v) is 4.83. The van der Waals surface area contributed by atoms with Crippen LogP contribution in [0.15, 0.2) is 33.8 Å². The van der Waals surface area contributed by atoms with Crippen molar-refractivity contribution < 1.29 is 8.91 Å². The van der Waals surface area contributed by atoms with Crippen molar-refractivity contribution in [2.75, 3.05) is 25.0 Å². The molecule has 1 fully saturated rings. The van der Waals surface area contributed by atoms with Crippen molar-refractivity contribution in [3.8, 4) is 0 Å². The van der Waals surface area contributed by atoms with Crippen molar-refractivity contribution in [3.63, 3.8) is 0 Å². The van der Waals surface area contributed by atoms with E-state index in [1.54, 1.807) is 19.2 Å². The molecule has 6 nitrogen and oxygen atoms in total. The molecule has 2 aromatic rings. The Morgan fingerprint density at radius 1 is 1.41 bits per heavy atom. The number of nitrogens with zero attached hydrogens (tertiary/aromatic N) is 3. The Labute approximate surface area is 159 Å². The first kappa shape index (κ1) is 19.2. The molecule has 0 saturated carbocycles. The van der Waals surface area contributed by atoms with Gasteiger partial charge in [0.05, 0.1) is 17.9 Å². The average Bonchev–Trinajstić information content (AvgIpc) is 3.15. The highest BCUT2D eigenvalue weighted by Gasteiger charge is 2.23. The Bertz CT molecular complexity index is 788. The molecule has 0 amide bonds. The summed E-state index contributed by atoms with van der Waals surface area (Å²) in [4.78, 5) is 6.41. The SMILES string of the molecule is CCc1cc(CNC(=NC)NC2CCCN(c3cc(C)ccc3F)C2)on1. The van der Waals surface area contributed by atoms with Crippen LogP contribution in [0.2, 0.25) is 0 Å². The van der Waals surface area contributed by atoms with Gasteiger partial charge in [-0.15, -0.1) is 0 Å². The van der Waals surface area contributed by atoms with E-state index < -0.39 is 0 Å². The molecule has 1 saturated heterocycles. The third-order valence-electron chi connectivity index (χ3n) is 4.83. The van der Waals surface area contributed by atoms with Crippen LogP contribution in [0.25, 0.3) is 0 Å². The predicted octanol–water partition coefficient (Wildman–Crippen LogP) is 3.02. The van der Waals surface area contributed by atoms with Crippen LogP contribution in [0.1, 0.15) is 36.8 Å². The summed E-state index contributed by atoms with van der Waals surface area (Å²) >= 11 is 0. The molecule has 27 heavy (non-hydrogen) atoms. The highest BCUT2D eigenvalue weighted by molar-refractivity contribution is 5.80. The maximum Gasteiger partial charge on any atom is 0.191 e. The molecule has 3 rings (SSSR count). The lowest BCUT2D eigenvalue weighted by Gasteiger charge is -2.35. The van der Waals surface area contributed by atoms with E-state index in [0.29, 0.717) is 18.2 Å². The van der Waals surface area contributed by atoms with Crippen LogP contribution < -0.4 is 15.5 Å². The standard InChI is InChI=1S/C20H28FN5O/c1-4-15-11-17(27-25-15)12-23-20(22-3)24-16-6-5-9-26(13-16)19-10-14(2)7-8-18(19)21/h7-8,10-11,16H,4-6,9,12-13H2,1-3H3,(H2,22,23,24). The molecule has 0 radical (unpaired) electrons. The summed E-state index contributed by atoms with van der Waals surface area (Å²) in [6.07, 6.45) is 2.88. The van der Waals surface area contributed by atoms with Gasteiger partial charge in [0, 0.05) is 32.2 Å². The minimum Gasteiger partial charge on any atom is -0.367 e. The van der Waals surface area contributed by atoms with Gasteiger partial charge in [0.1, 0.15) is 5.82 Å². The van der Waals surface area contributed by atoms with Crippen LogP contribution in [-0.2, 0) is 13.0 Å². The lowest BCUT2D eigenvalue weighted by Crippen LogP contribution is -2.51. The molecule has 1 aromatic carbocycles. The quantitative estimate of drug-likeness (QED) is 0.623. The molecule has 7 heteroatoms. The van der Waals surface area contributed by atoms with Gasteiger partial charge in [-0.2, -0.15) is 0 Å². The monoisotopic (exact) mass is 373 g/mol. The predicted molar refractivity (Wildman–Crippen MR) is 106 cm³/mol. The normalized spacial score (nSPS) is 17.9. The van der Waals surface area contributed by atoms with Gasteiger partial charge in [-0.05, 0) is 43.9 Å². The number of piperidine rings is 1. The second kappa shape index (κ2) is 8.88. The number of aryl methyl sites for hydroxylation is 2. The van der Waals surface area contributed by atoms with E-state index in [0.717, 1.165) is 49.4 Å². The molecule has 0 aliphatic carbocycles. The van der Waals surface area contributed by atoms with Crippen molar-refractivity contribution in [2.45, 2.75) is 45.7 Å². The van der Waals surface area contributed by atoms with Crippen LogP contribution >= 0.6 is 0 Å². The van der Waals surface area contributed by atoms with Gasteiger partial charge < -0.3 is 20.1 Å². The minimum absolute atomic E-state index is 0.166. The largest absolute Gasteiger partial charge is 0.367 e. The molecular weight excluding hydrogens is 345 g/mol. The van der Waals surface area contributed by atoms with E-state index in [1.165, 1.54) is 0 Å². The van der Waals surface area contributed by atoms with E-state index in [-0.39, 0.29) is 11.9 Å². The molecule has 1 aromatic heterocycles. The first-order valence-corrected chi connectivity index (χ1v) is 9.51. The fourth-order valence-electron chi connectivity index (χ4n) is 3.34. The van der Waals surface area contributed by atoms with E-state index in [1.807, 2.05) is 26.0 Å². The van der Waals surface area contributed by atoms with Gasteiger partial charge in [-0.25, -0.2) is 4.39 Å². The molecule has 0 bridgehead atoms. The van der Waals surface area contributed by atoms with Crippen LogP contribution in [-0.4, -0.2) is 37.3 Å². The van der Waals surface area contributed by atoms with Crippen molar-refractivity contribution in [2.24, 2.45) is 4.99 Å². The summed E-state index contributed by atoms with van der Waals surface area (Å²) < 4.78 is 19.5. The number of anilines is 1. The summed E-state index contributed by atoms with van der Waals surface area (Å²) in [5.74, 6) is 1.32. The number of guanidine groups is 1. The molecule has 0 spiro atoms. The van der Waals surface area contributed by atoms with Crippen molar-refractivity contribution in [3.05, 3.63) is 47.1 Å². The summed E-state index contributed by atoms with van der Waals surface area (Å²) in [6, 6.07) is 7.41. The van der Waals surface area contributed by atoms with Gasteiger partial charge in [-0.3, -0.25) is 4.99 Å². The van der Waals surface area contributed by atoms with Crippen LogP contribution in [0, 0.1) is 12.7 Å². The number of hydrogen-bond donors (Lipinski definition) is 2. The van der Waals surface area contributed by atoms with Gasteiger partial charge in [0.15, 0.2) is 11.7 Å². The number of aromatic nitrogens is 1. The number of aliphatic imine (C=N–C) groups is 1. The maximum atomic E-state index is 14.2. The zero-order valence-corrected chi connectivity index (χ0v) is 16.3. The second-order valence-electron chi connectivity index (χ2n) is 6.95. The number of halogens is 1. The molecule has 2 heterocycles. The smallest absolute Gasteiger partial charge is 0.191 e. The van der Waals surface area contributed by atoms with Gasteiger partial charge >= 0.3 is 0 Å². The van der Waals surface area contributed by atoms with Gasteiger partial charge in [-0.1, -0.05) is 18.1 Å². The van der Waals surface area contributed by atoms with Gasteiger partial charge in [0.25, 0.3) is 0 Å². The lowest BCUT2D eigenvalue weighted by atomic mass is 10.0. The topological polar surface area (TPSA) is 65.7 Å². The molecular formula is C20H28FN5O. The van der Waals surface area contributed by atoms with E-state index in [9.17, 15) is 4.39 Å². The van der Waals surface area contributed by atoms with E-state index in [2.05, 4.69) is 25.7 Å². The minimum atomic E-state index is -0.166. The summed E-state index contributed by atoms with van der Waals surface area (Å²) in [6.45, 7) is 6.16. The molecule has 2 N–H and O–H groups in total. The Hall–Kier alpha value is -2.57. The molecule has 146 valence electrons. The third kappa shape index (κ3) is 4.99. The molecule has 1 unspecified atom stereocenters. The summed E-state index contributed by atoms with van der Waals surface area (Å²) in [5, 5.41) is 10.7. The Balaban J connectivity index is 1.57. The molecule has 1 aliphatic heterocycles. The highest BCUT2D eigenvalue weighted by Crippen LogP contribution is 2.24. The van der Waals surface area contributed by atoms with Gasteiger partial charge in [0.2, 0.25) is 0 Å². The molecule has 1 aliphatic rings. The first-order valence-electron chi connectivity index (χ1n) is 9.51. The lowest BCUT2D eigenvalue weighted by molar-refractivity contribution is 0.374. The summed E-state index contributed by atoms with van der Waals surface area (Å²) in [7, 11) is 1.74. The number of benzene rings is 1. The summed E-state index contributed by atoms with van der Waals surface area (Å²) in [5.41, 5.74) is 2.69. The first-order chi connectivity index (χ1) is 13.1. The Morgan fingerprint density at radius 2 is 2.26 bits per heavy atom. The average molecular weight is 373 g/mol. The van der Waals surface area contributed by atoms with Crippen molar-refractivity contribution in [1.82, 2.24) is 15.8 Å². The highest BCUT2D eigenvalue weighted by atomic mass is 19.1. The van der Waals surface area contributed by atoms with Crippen LogP contribution in [0.5, 0.6) is 0 Å². The van der Waals surface area contributed by atoms with Crippen molar-refractivity contribution in [1.29, 1.82) is 0 Å². The Kier molecular flexibility index (Phi) is 6.32.